The van der Waals surface area contributed by atoms with Crippen LogP contribution >= 0.6 is 11.3 Å². The predicted octanol–water partition coefficient (Wildman–Crippen LogP) is 7.65. The van der Waals surface area contributed by atoms with Gasteiger partial charge in [0.1, 0.15) is 22.9 Å². The summed E-state index contributed by atoms with van der Waals surface area (Å²) in [5, 5.41) is 14.2. The Morgan fingerprint density at radius 1 is 0.568 bits per heavy atom. The first-order valence-electron chi connectivity index (χ1n) is 12.3. The molecule has 0 N–H and O–H groups in total. The molecule has 0 aliphatic carbocycles. The molecule has 3 aromatic heterocycles. The van der Waals surface area contributed by atoms with Crippen LogP contribution in [0.2, 0.25) is 0 Å². The van der Waals surface area contributed by atoms with E-state index < -0.39 is 0 Å². The lowest BCUT2D eigenvalue weighted by molar-refractivity contribution is 0.556. The highest BCUT2D eigenvalue weighted by Gasteiger charge is 2.35. The molecule has 0 saturated heterocycles. The number of benzene rings is 2. The summed E-state index contributed by atoms with van der Waals surface area (Å²) < 4.78 is 11.4. The molecular weight excluding hydrogens is 480 g/mol. The van der Waals surface area contributed by atoms with E-state index in [9.17, 15) is 0 Å². The minimum Gasteiger partial charge on any atom is -0.463 e. The molecule has 0 spiro atoms. The zero-order chi connectivity index (χ0) is 24.6. The molecule has 2 aliphatic rings. The molecule has 182 valence electrons. The van der Waals surface area contributed by atoms with Crippen LogP contribution < -0.4 is 10.0 Å². The van der Waals surface area contributed by atoms with Crippen LogP contribution in [0.1, 0.15) is 46.2 Å². The Morgan fingerprint density at radius 3 is 1.43 bits per heavy atom. The van der Waals surface area contributed by atoms with E-state index in [0.717, 1.165) is 47.2 Å². The summed E-state index contributed by atoms with van der Waals surface area (Å²) in [5.41, 5.74) is 4.06. The van der Waals surface area contributed by atoms with Gasteiger partial charge in [-0.1, -0.05) is 36.4 Å². The maximum absolute atomic E-state index is 5.70. The second kappa shape index (κ2) is 9.26. The van der Waals surface area contributed by atoms with Gasteiger partial charge in [-0.05, 0) is 60.7 Å². The highest BCUT2D eigenvalue weighted by atomic mass is 32.1. The van der Waals surface area contributed by atoms with Crippen LogP contribution in [-0.4, -0.2) is 11.4 Å². The average Bonchev–Trinajstić information content (AvgIpc) is 3.78. The summed E-state index contributed by atoms with van der Waals surface area (Å²) in [5.74, 6) is 1.64. The van der Waals surface area contributed by atoms with Gasteiger partial charge in [-0.15, -0.1) is 11.3 Å². The van der Waals surface area contributed by atoms with Crippen molar-refractivity contribution in [3.63, 3.8) is 0 Å². The monoisotopic (exact) mass is 504 g/mol. The largest absolute Gasteiger partial charge is 0.463 e. The molecule has 2 aliphatic heterocycles. The first-order valence-corrected chi connectivity index (χ1v) is 13.2. The van der Waals surface area contributed by atoms with Crippen molar-refractivity contribution in [1.29, 1.82) is 0 Å². The van der Waals surface area contributed by atoms with Crippen molar-refractivity contribution < 1.29 is 8.83 Å². The number of hydrogen-bond donors (Lipinski definition) is 0. The number of hydrazone groups is 2. The quantitative estimate of drug-likeness (QED) is 0.238. The molecule has 2 atom stereocenters. The van der Waals surface area contributed by atoms with Crippen LogP contribution in [0, 0.1) is 0 Å². The summed E-state index contributed by atoms with van der Waals surface area (Å²) in [7, 11) is 0. The predicted molar refractivity (Wildman–Crippen MR) is 147 cm³/mol. The third kappa shape index (κ3) is 4.07. The van der Waals surface area contributed by atoms with Gasteiger partial charge in [0, 0.05) is 22.6 Å². The second-order valence-electron chi connectivity index (χ2n) is 9.09. The summed E-state index contributed by atoms with van der Waals surface area (Å²) in [6, 6.07) is 33.2. The number of nitrogens with zero attached hydrogens (tertiary/aromatic N) is 4. The Kier molecular flexibility index (Phi) is 5.48. The van der Waals surface area contributed by atoms with Crippen molar-refractivity contribution in [2.45, 2.75) is 24.9 Å². The standard InChI is InChI=1S/C30H24N4O2S/c1-3-9-21(10-4-1)33-25(19-23(31-33)27-13-7-17-35-27)29-15-16-30(37-29)26-20-24(28-14-8-18-36-28)32-34(26)22-11-5-2-6-12-22/h1-18,25-26H,19-20H2. The van der Waals surface area contributed by atoms with Gasteiger partial charge in [-0.25, -0.2) is 0 Å². The van der Waals surface area contributed by atoms with E-state index in [0.29, 0.717) is 0 Å². The number of furan rings is 2. The minimum atomic E-state index is 0.0956. The van der Waals surface area contributed by atoms with Crippen LogP contribution in [0.15, 0.2) is 129 Å². The number of para-hydroxylation sites is 2. The van der Waals surface area contributed by atoms with Gasteiger partial charge in [0.2, 0.25) is 0 Å². The number of hydrogen-bond acceptors (Lipinski definition) is 7. The number of anilines is 2. The maximum atomic E-state index is 5.70. The highest BCUT2D eigenvalue weighted by molar-refractivity contribution is 7.12. The topological polar surface area (TPSA) is 57.5 Å². The molecule has 7 rings (SSSR count). The molecule has 7 heteroatoms. The molecular formula is C30H24N4O2S. The molecule has 6 nitrogen and oxygen atoms in total. The fourth-order valence-electron chi connectivity index (χ4n) is 5.01. The SMILES string of the molecule is c1ccc(N2N=C(c3ccco3)CC2c2ccc(C3CC(c4ccco4)=NN3c3ccccc3)s2)cc1. The van der Waals surface area contributed by atoms with Crippen molar-refractivity contribution in [3.8, 4) is 0 Å². The molecule has 0 saturated carbocycles. The number of thiophene rings is 1. The van der Waals surface area contributed by atoms with Crippen molar-refractivity contribution in [2.75, 3.05) is 10.0 Å². The third-order valence-corrected chi connectivity index (χ3v) is 8.07. The minimum absolute atomic E-state index is 0.0956. The summed E-state index contributed by atoms with van der Waals surface area (Å²) in [6.45, 7) is 0. The fraction of sp³-hybridized carbons (Fsp3) is 0.133. The molecule has 0 bridgehead atoms. The van der Waals surface area contributed by atoms with E-state index in [1.54, 1.807) is 12.5 Å². The van der Waals surface area contributed by atoms with Crippen molar-refractivity contribution in [2.24, 2.45) is 10.2 Å². The van der Waals surface area contributed by atoms with Gasteiger partial charge < -0.3 is 8.83 Å². The van der Waals surface area contributed by atoms with Crippen molar-refractivity contribution in [1.82, 2.24) is 0 Å². The smallest absolute Gasteiger partial charge is 0.149 e. The van der Waals surface area contributed by atoms with Gasteiger partial charge >= 0.3 is 0 Å². The Bertz CT molecular complexity index is 1420. The fourth-order valence-corrected chi connectivity index (χ4v) is 6.19. The first kappa shape index (κ1) is 21.9. The zero-order valence-electron chi connectivity index (χ0n) is 20.0. The van der Waals surface area contributed by atoms with E-state index >= 15 is 0 Å². The lowest BCUT2D eigenvalue weighted by Gasteiger charge is -2.24. The maximum Gasteiger partial charge on any atom is 0.149 e. The normalized spacial score (nSPS) is 19.4. The Balaban J connectivity index is 1.22. The summed E-state index contributed by atoms with van der Waals surface area (Å²) in [6.07, 6.45) is 4.97. The Morgan fingerprint density at radius 2 is 1.03 bits per heavy atom. The van der Waals surface area contributed by atoms with Crippen LogP contribution in [0.4, 0.5) is 11.4 Å². The highest BCUT2D eigenvalue weighted by Crippen LogP contribution is 2.44. The van der Waals surface area contributed by atoms with E-state index in [1.807, 2.05) is 47.7 Å². The lowest BCUT2D eigenvalue weighted by Crippen LogP contribution is -2.18. The van der Waals surface area contributed by atoms with Gasteiger partial charge in [-0.3, -0.25) is 10.0 Å². The van der Waals surface area contributed by atoms with Crippen LogP contribution in [0.5, 0.6) is 0 Å². The third-order valence-electron chi connectivity index (χ3n) is 6.78. The van der Waals surface area contributed by atoms with Gasteiger partial charge in [0.05, 0.1) is 36.0 Å². The van der Waals surface area contributed by atoms with Crippen LogP contribution in [0.3, 0.4) is 0 Å². The van der Waals surface area contributed by atoms with Gasteiger partial charge in [0.15, 0.2) is 0 Å². The molecule has 37 heavy (non-hydrogen) atoms. The van der Waals surface area contributed by atoms with E-state index in [4.69, 9.17) is 19.0 Å². The molecule has 0 amide bonds. The Labute approximate surface area is 218 Å². The molecule has 5 aromatic rings. The van der Waals surface area contributed by atoms with Crippen LogP contribution in [0.25, 0.3) is 0 Å². The van der Waals surface area contributed by atoms with Crippen LogP contribution in [-0.2, 0) is 0 Å². The Hall–Kier alpha value is -4.36. The van der Waals surface area contributed by atoms with Gasteiger partial charge in [0.25, 0.3) is 0 Å². The van der Waals surface area contributed by atoms with Crippen molar-refractivity contribution >= 4 is 34.1 Å². The molecule has 0 fully saturated rings. The van der Waals surface area contributed by atoms with Crippen molar-refractivity contribution in [3.05, 3.63) is 131 Å². The molecule has 2 aromatic carbocycles. The molecule has 5 heterocycles. The van der Waals surface area contributed by atoms with Gasteiger partial charge in [-0.2, -0.15) is 10.2 Å². The first-order chi connectivity index (χ1) is 18.3. The molecule has 0 radical (unpaired) electrons. The lowest BCUT2D eigenvalue weighted by atomic mass is 10.1. The summed E-state index contributed by atoms with van der Waals surface area (Å²) >= 11 is 1.83. The average molecular weight is 505 g/mol. The zero-order valence-corrected chi connectivity index (χ0v) is 20.8. The van der Waals surface area contributed by atoms with E-state index in [1.165, 1.54) is 9.75 Å². The van der Waals surface area contributed by atoms with E-state index in [-0.39, 0.29) is 12.1 Å². The van der Waals surface area contributed by atoms with E-state index in [2.05, 4.69) is 70.7 Å². The second-order valence-corrected chi connectivity index (χ2v) is 10.2. The number of rotatable bonds is 6. The summed E-state index contributed by atoms with van der Waals surface area (Å²) in [4.78, 5) is 2.53. The molecule has 2 unspecified atom stereocenters.